The topological polar surface area (TPSA) is 26.3 Å². The molecule has 0 radical (unpaired) electrons. The van der Waals surface area contributed by atoms with Crippen LogP contribution in [-0.2, 0) is 9.53 Å². The van der Waals surface area contributed by atoms with Crippen LogP contribution in [-0.4, -0.2) is 5.97 Å². The average molecular weight is 206 g/mol. The molecule has 0 aliphatic heterocycles. The molecule has 0 aliphatic carbocycles. The summed E-state index contributed by atoms with van der Waals surface area (Å²) in [5.74, 6) is -0.206. The van der Waals surface area contributed by atoms with Crippen LogP contribution in [0.1, 0.15) is 25.3 Å². The van der Waals surface area contributed by atoms with Crippen LogP contribution in [0.5, 0.6) is 0 Å². The predicted octanol–water partition coefficient (Wildman–Crippen LogP) is 3.47. The van der Waals surface area contributed by atoms with E-state index in [9.17, 15) is 4.79 Å². The summed E-state index contributed by atoms with van der Waals surface area (Å²) < 4.78 is 4.41. The minimum atomic E-state index is -0.206. The Morgan fingerprint density at radius 2 is 2.00 bits per heavy atom. The van der Waals surface area contributed by atoms with E-state index in [1.807, 2.05) is 25.1 Å². The Morgan fingerprint density at radius 3 is 2.33 bits per heavy atom. The first-order valence-corrected chi connectivity index (χ1v) is 5.02. The number of hydrogen-bond acceptors (Lipinski definition) is 2. The van der Waals surface area contributed by atoms with Crippen molar-refractivity contribution < 1.29 is 9.53 Å². The standard InChI is InChI=1S/C7H8.C6H10O2/c1-7-5-3-2-4-6-7;1-3-5-6(7)8-4-2/h2-6H,1H3;4H,2-3,5H2,1H3. The van der Waals surface area contributed by atoms with Gasteiger partial charge in [-0.3, -0.25) is 4.79 Å². The number of aryl methyl sites for hydroxylation is 1. The van der Waals surface area contributed by atoms with Crippen molar-refractivity contribution in [3.8, 4) is 0 Å². The molecular weight excluding hydrogens is 188 g/mol. The molecule has 0 aromatic heterocycles. The molecule has 2 heteroatoms. The molecular formula is C13H18O2. The van der Waals surface area contributed by atoms with Crippen molar-refractivity contribution in [1.82, 2.24) is 0 Å². The second kappa shape index (κ2) is 9.00. The first-order chi connectivity index (χ1) is 7.20. The van der Waals surface area contributed by atoms with E-state index in [1.54, 1.807) is 0 Å². The molecule has 0 amide bonds. The van der Waals surface area contributed by atoms with Gasteiger partial charge in [-0.05, 0) is 13.3 Å². The summed E-state index contributed by atoms with van der Waals surface area (Å²) in [4.78, 5) is 10.3. The van der Waals surface area contributed by atoms with Crippen molar-refractivity contribution in [3.63, 3.8) is 0 Å². The lowest BCUT2D eigenvalue weighted by molar-refractivity contribution is -0.137. The van der Waals surface area contributed by atoms with Crippen molar-refractivity contribution in [3.05, 3.63) is 48.7 Å². The lowest BCUT2D eigenvalue weighted by Gasteiger charge is -1.92. The maximum Gasteiger partial charge on any atom is 0.310 e. The van der Waals surface area contributed by atoms with Gasteiger partial charge in [-0.15, -0.1) is 0 Å². The Balaban J connectivity index is 0.000000262. The lowest BCUT2D eigenvalue weighted by atomic mass is 10.2. The second-order valence-electron chi connectivity index (χ2n) is 3.06. The van der Waals surface area contributed by atoms with E-state index in [-0.39, 0.29) is 5.97 Å². The van der Waals surface area contributed by atoms with Gasteiger partial charge in [0.15, 0.2) is 0 Å². The predicted molar refractivity (Wildman–Crippen MR) is 62.4 cm³/mol. The number of rotatable bonds is 3. The van der Waals surface area contributed by atoms with E-state index in [0.717, 1.165) is 12.7 Å². The van der Waals surface area contributed by atoms with Crippen LogP contribution < -0.4 is 0 Å². The molecule has 2 nitrogen and oxygen atoms in total. The van der Waals surface area contributed by atoms with Crippen molar-refractivity contribution in [2.45, 2.75) is 26.7 Å². The van der Waals surface area contributed by atoms with Crippen LogP contribution >= 0.6 is 0 Å². The highest BCUT2D eigenvalue weighted by molar-refractivity contribution is 5.69. The Bertz CT molecular complexity index is 278. The zero-order valence-corrected chi connectivity index (χ0v) is 9.40. The Kier molecular flexibility index (Phi) is 8.06. The van der Waals surface area contributed by atoms with E-state index in [1.165, 1.54) is 5.56 Å². The number of esters is 1. The molecule has 0 spiro atoms. The van der Waals surface area contributed by atoms with E-state index >= 15 is 0 Å². The van der Waals surface area contributed by atoms with Gasteiger partial charge in [-0.1, -0.05) is 49.4 Å². The zero-order chi connectivity index (χ0) is 11.5. The molecule has 0 atom stereocenters. The van der Waals surface area contributed by atoms with Crippen LogP contribution in [0.15, 0.2) is 43.2 Å². The molecule has 0 saturated heterocycles. The Labute approximate surface area is 91.6 Å². The molecule has 82 valence electrons. The lowest BCUT2D eigenvalue weighted by Crippen LogP contribution is -1.96. The molecule has 15 heavy (non-hydrogen) atoms. The first-order valence-electron chi connectivity index (χ1n) is 5.02. The SMILES string of the molecule is C=COC(=O)CCC.Cc1ccccc1. The van der Waals surface area contributed by atoms with E-state index in [4.69, 9.17) is 0 Å². The maximum absolute atomic E-state index is 10.3. The highest BCUT2D eigenvalue weighted by Gasteiger charge is 1.94. The second-order valence-corrected chi connectivity index (χ2v) is 3.06. The van der Waals surface area contributed by atoms with E-state index in [0.29, 0.717) is 6.42 Å². The summed E-state index contributed by atoms with van der Waals surface area (Å²) in [5.41, 5.74) is 1.32. The van der Waals surface area contributed by atoms with Crippen molar-refractivity contribution in [1.29, 1.82) is 0 Å². The first kappa shape index (κ1) is 13.4. The van der Waals surface area contributed by atoms with Crippen molar-refractivity contribution in [2.75, 3.05) is 0 Å². The fourth-order valence-corrected chi connectivity index (χ4v) is 0.890. The molecule has 0 heterocycles. The van der Waals surface area contributed by atoms with Gasteiger partial charge in [-0.2, -0.15) is 0 Å². The summed E-state index contributed by atoms with van der Waals surface area (Å²) in [5, 5.41) is 0. The largest absolute Gasteiger partial charge is 0.435 e. The smallest absolute Gasteiger partial charge is 0.310 e. The molecule has 1 aromatic rings. The van der Waals surface area contributed by atoms with Gasteiger partial charge < -0.3 is 4.74 Å². The van der Waals surface area contributed by atoms with Crippen LogP contribution in [0.3, 0.4) is 0 Å². The third-order valence-electron chi connectivity index (χ3n) is 1.61. The fourth-order valence-electron chi connectivity index (χ4n) is 0.890. The molecule has 0 fully saturated rings. The van der Waals surface area contributed by atoms with E-state index < -0.39 is 0 Å². The van der Waals surface area contributed by atoms with Gasteiger partial charge in [0.05, 0.1) is 6.26 Å². The van der Waals surface area contributed by atoms with Gasteiger partial charge in [0, 0.05) is 6.42 Å². The van der Waals surface area contributed by atoms with E-state index in [2.05, 4.69) is 30.4 Å². The third kappa shape index (κ3) is 8.75. The van der Waals surface area contributed by atoms with Crippen LogP contribution in [0, 0.1) is 6.92 Å². The van der Waals surface area contributed by atoms with Gasteiger partial charge in [0.25, 0.3) is 0 Å². The third-order valence-corrected chi connectivity index (χ3v) is 1.61. The van der Waals surface area contributed by atoms with Gasteiger partial charge in [-0.25, -0.2) is 0 Å². The van der Waals surface area contributed by atoms with Crippen molar-refractivity contribution in [2.24, 2.45) is 0 Å². The molecule has 0 N–H and O–H groups in total. The Hall–Kier alpha value is -1.57. The molecule has 0 aliphatic rings. The van der Waals surface area contributed by atoms with Gasteiger partial charge >= 0.3 is 5.97 Å². The fraction of sp³-hybridized carbons (Fsp3) is 0.308. The number of carbonyl (C=O) groups is 1. The summed E-state index contributed by atoms with van der Waals surface area (Å²) in [6.07, 6.45) is 2.46. The highest BCUT2D eigenvalue weighted by atomic mass is 16.5. The van der Waals surface area contributed by atoms with Crippen LogP contribution in [0.2, 0.25) is 0 Å². The molecule has 1 aromatic carbocycles. The minimum absolute atomic E-state index is 0.206. The summed E-state index contributed by atoms with van der Waals surface area (Å²) in [7, 11) is 0. The summed E-state index contributed by atoms with van der Waals surface area (Å²) in [6, 6.07) is 10.3. The molecule has 0 bridgehead atoms. The van der Waals surface area contributed by atoms with Gasteiger partial charge in [0.1, 0.15) is 0 Å². The normalized spacial score (nSPS) is 8.40. The maximum atomic E-state index is 10.3. The number of hydrogen-bond donors (Lipinski definition) is 0. The van der Waals surface area contributed by atoms with Gasteiger partial charge in [0.2, 0.25) is 0 Å². The molecule has 1 rings (SSSR count). The zero-order valence-electron chi connectivity index (χ0n) is 9.40. The van der Waals surface area contributed by atoms with Crippen LogP contribution in [0.25, 0.3) is 0 Å². The van der Waals surface area contributed by atoms with Crippen LogP contribution in [0.4, 0.5) is 0 Å². The monoisotopic (exact) mass is 206 g/mol. The number of benzene rings is 1. The number of carbonyl (C=O) groups excluding carboxylic acids is 1. The molecule has 0 unspecified atom stereocenters. The molecule has 0 saturated carbocycles. The van der Waals surface area contributed by atoms with Crippen molar-refractivity contribution >= 4 is 5.97 Å². The average Bonchev–Trinajstić information content (AvgIpc) is 2.20. The summed E-state index contributed by atoms with van der Waals surface area (Å²) in [6.45, 7) is 7.24. The number of ether oxygens (including phenoxy) is 1. The quantitative estimate of drug-likeness (QED) is 0.559. The highest BCUT2D eigenvalue weighted by Crippen LogP contribution is 1.92. The Morgan fingerprint density at radius 1 is 1.40 bits per heavy atom. The summed E-state index contributed by atoms with van der Waals surface area (Å²) >= 11 is 0. The minimum Gasteiger partial charge on any atom is -0.435 e.